The van der Waals surface area contributed by atoms with Gasteiger partial charge >= 0.3 is 0 Å². The van der Waals surface area contributed by atoms with E-state index in [0.717, 1.165) is 34.5 Å². The van der Waals surface area contributed by atoms with Gasteiger partial charge < -0.3 is 24.3 Å². The van der Waals surface area contributed by atoms with Crippen molar-refractivity contribution in [1.29, 1.82) is 0 Å². The largest absolute Gasteiger partial charge is 0.490 e. The van der Waals surface area contributed by atoms with Crippen molar-refractivity contribution in [3.63, 3.8) is 0 Å². The van der Waals surface area contributed by atoms with Gasteiger partial charge in [-0.1, -0.05) is 55.5 Å². The molecule has 0 aromatic heterocycles. The Balaban J connectivity index is 1.43. The zero-order valence-corrected chi connectivity index (χ0v) is 26.4. The van der Waals surface area contributed by atoms with Gasteiger partial charge in [0.2, 0.25) is 11.8 Å². The number of aryl methyl sites for hydroxylation is 1. The molecule has 9 heteroatoms. The summed E-state index contributed by atoms with van der Waals surface area (Å²) >= 11 is 0. The highest BCUT2D eigenvalue weighted by molar-refractivity contribution is 6.71. The molecule has 3 aromatic carbocycles. The molecule has 2 aliphatic heterocycles. The van der Waals surface area contributed by atoms with Gasteiger partial charge in [-0.25, -0.2) is 0 Å². The second-order valence-corrected chi connectivity index (χ2v) is 16.2. The summed E-state index contributed by atoms with van der Waals surface area (Å²) in [5.41, 5.74) is 4.18. The van der Waals surface area contributed by atoms with Crippen LogP contribution in [0.1, 0.15) is 42.6 Å². The Morgan fingerprint density at radius 2 is 1.81 bits per heavy atom. The fraction of sp³-hybridized carbons (Fsp3) is 0.412. The number of hydrogen-bond donors (Lipinski definition) is 2. The standard InChI is InChI=1S/C34H42N2O6Si/c1-23-33(41-2)27-20-26(36-28-13-9-8-12-25(28)14-17-31(36)38)15-16-29(27)42-34(23)30(43(3,4)40)21-32(39)35(18-19-37)22-24-10-6-5-7-11-24/h5-13,15-16,20,23,30,33-34,37,40H,14,17-19,21-22H2,1-4H3/t23-,30?,33-,34-/m0/s1. The Morgan fingerprint density at radius 3 is 2.51 bits per heavy atom. The third-order valence-electron chi connectivity index (χ3n) is 8.80. The summed E-state index contributed by atoms with van der Waals surface area (Å²) in [6.45, 7) is 6.16. The first-order valence-electron chi connectivity index (χ1n) is 15.0. The minimum absolute atomic E-state index is 0.0461. The number of carbonyl (C=O) groups is 2. The molecule has 3 aromatic rings. The highest BCUT2D eigenvalue weighted by atomic mass is 28.4. The van der Waals surface area contributed by atoms with Crippen LogP contribution >= 0.6 is 0 Å². The molecule has 5 rings (SSSR count). The van der Waals surface area contributed by atoms with Gasteiger partial charge in [0.05, 0.1) is 18.4 Å². The summed E-state index contributed by atoms with van der Waals surface area (Å²) < 4.78 is 12.7. The molecule has 4 atom stereocenters. The average molecular weight is 603 g/mol. The minimum Gasteiger partial charge on any atom is -0.490 e. The summed E-state index contributed by atoms with van der Waals surface area (Å²) in [7, 11) is -1.27. The Labute approximate surface area is 255 Å². The fourth-order valence-corrected chi connectivity index (χ4v) is 8.37. The van der Waals surface area contributed by atoms with Gasteiger partial charge in [-0.2, -0.15) is 0 Å². The van der Waals surface area contributed by atoms with Crippen LogP contribution in [0.4, 0.5) is 11.4 Å². The van der Waals surface area contributed by atoms with Gasteiger partial charge in [0.15, 0.2) is 8.32 Å². The third-order valence-corrected chi connectivity index (χ3v) is 11.1. The van der Waals surface area contributed by atoms with E-state index in [2.05, 4.69) is 6.07 Å². The molecular formula is C34H42N2O6Si. The van der Waals surface area contributed by atoms with Crippen molar-refractivity contribution in [1.82, 2.24) is 4.90 Å². The van der Waals surface area contributed by atoms with Crippen LogP contribution in [0.15, 0.2) is 72.8 Å². The Kier molecular flexibility index (Phi) is 9.36. The number of anilines is 2. The highest BCUT2D eigenvalue weighted by Crippen LogP contribution is 2.48. The number of fused-ring (bicyclic) bond motifs is 2. The molecule has 2 aliphatic rings. The average Bonchev–Trinajstić information content (AvgIpc) is 2.99. The van der Waals surface area contributed by atoms with Gasteiger partial charge in [-0.3, -0.25) is 14.5 Å². The zero-order valence-electron chi connectivity index (χ0n) is 25.4. The smallest absolute Gasteiger partial charge is 0.231 e. The Morgan fingerprint density at radius 1 is 1.09 bits per heavy atom. The van der Waals surface area contributed by atoms with Crippen LogP contribution in [-0.4, -0.2) is 61.3 Å². The van der Waals surface area contributed by atoms with Gasteiger partial charge in [0.1, 0.15) is 11.9 Å². The van der Waals surface area contributed by atoms with Crippen molar-refractivity contribution >= 4 is 31.5 Å². The summed E-state index contributed by atoms with van der Waals surface area (Å²) in [6.07, 6.45) is 0.432. The van der Waals surface area contributed by atoms with E-state index in [9.17, 15) is 19.5 Å². The molecule has 2 N–H and O–H groups in total. The van der Waals surface area contributed by atoms with Crippen molar-refractivity contribution < 1.29 is 29.0 Å². The number of para-hydroxylation sites is 1. The Hall–Kier alpha value is -3.50. The van der Waals surface area contributed by atoms with E-state index in [1.807, 2.05) is 86.7 Å². The molecule has 0 radical (unpaired) electrons. The quantitative estimate of drug-likeness (QED) is 0.303. The van der Waals surface area contributed by atoms with Crippen molar-refractivity contribution in [2.45, 2.75) is 63.6 Å². The predicted octanol–water partition coefficient (Wildman–Crippen LogP) is 5.36. The van der Waals surface area contributed by atoms with Crippen LogP contribution in [0.3, 0.4) is 0 Å². The SMILES string of the molecule is CO[C@@H]1c2cc(N3C(=O)CCc4ccccc43)ccc2O[C@H](C(CC(=O)N(CCO)Cc2ccccc2)[Si](C)(C)O)[C@H]1C. The van der Waals surface area contributed by atoms with E-state index in [0.29, 0.717) is 18.7 Å². The van der Waals surface area contributed by atoms with E-state index in [-0.39, 0.29) is 43.4 Å². The zero-order chi connectivity index (χ0) is 30.7. The molecule has 2 heterocycles. The lowest BCUT2D eigenvalue weighted by Gasteiger charge is -2.44. The molecule has 0 spiro atoms. The van der Waals surface area contributed by atoms with Crippen LogP contribution < -0.4 is 9.64 Å². The van der Waals surface area contributed by atoms with Crippen molar-refractivity contribution in [3.8, 4) is 5.75 Å². The lowest BCUT2D eigenvalue weighted by molar-refractivity contribution is -0.133. The minimum atomic E-state index is -2.93. The maximum absolute atomic E-state index is 13.7. The lowest BCUT2D eigenvalue weighted by Crippen LogP contribution is -2.50. The predicted molar refractivity (Wildman–Crippen MR) is 169 cm³/mol. The van der Waals surface area contributed by atoms with E-state index in [1.54, 1.807) is 16.9 Å². The molecule has 0 aliphatic carbocycles. The molecule has 2 amide bonds. The summed E-state index contributed by atoms with van der Waals surface area (Å²) in [6, 6.07) is 23.4. The number of amides is 2. The van der Waals surface area contributed by atoms with E-state index in [1.165, 1.54) is 0 Å². The normalized spacial score (nSPS) is 20.6. The number of carbonyl (C=O) groups excluding carboxylic acids is 2. The monoisotopic (exact) mass is 602 g/mol. The van der Waals surface area contributed by atoms with E-state index in [4.69, 9.17) is 9.47 Å². The van der Waals surface area contributed by atoms with Crippen LogP contribution in [0.2, 0.25) is 18.6 Å². The summed E-state index contributed by atoms with van der Waals surface area (Å²) in [5, 5.41) is 9.71. The fourth-order valence-electron chi connectivity index (χ4n) is 6.52. The number of ether oxygens (including phenoxy) is 2. The van der Waals surface area contributed by atoms with Crippen LogP contribution in [-0.2, 0) is 27.3 Å². The maximum atomic E-state index is 13.7. The number of nitrogens with zero attached hydrogens (tertiary/aromatic N) is 2. The number of aliphatic hydroxyl groups excluding tert-OH is 1. The number of benzene rings is 3. The number of methoxy groups -OCH3 is 1. The van der Waals surface area contributed by atoms with Crippen LogP contribution in [0.25, 0.3) is 0 Å². The van der Waals surface area contributed by atoms with Gasteiger partial charge in [0.25, 0.3) is 0 Å². The highest BCUT2D eigenvalue weighted by Gasteiger charge is 2.47. The number of hydrogen-bond acceptors (Lipinski definition) is 6. The first-order chi connectivity index (χ1) is 20.6. The number of rotatable bonds is 10. The van der Waals surface area contributed by atoms with E-state index < -0.39 is 20.0 Å². The first-order valence-corrected chi connectivity index (χ1v) is 18.0. The molecule has 1 unspecified atom stereocenters. The third kappa shape index (κ3) is 6.55. The van der Waals surface area contributed by atoms with Gasteiger partial charge in [-0.05, 0) is 54.9 Å². The maximum Gasteiger partial charge on any atom is 0.231 e. The molecule has 0 bridgehead atoms. The van der Waals surface area contributed by atoms with Crippen molar-refractivity contribution in [2.24, 2.45) is 5.92 Å². The Bertz CT molecular complexity index is 1440. The van der Waals surface area contributed by atoms with Crippen LogP contribution in [0, 0.1) is 5.92 Å². The lowest BCUT2D eigenvalue weighted by atomic mass is 9.86. The van der Waals surface area contributed by atoms with Crippen molar-refractivity contribution in [2.75, 3.05) is 25.2 Å². The second kappa shape index (κ2) is 13.0. The van der Waals surface area contributed by atoms with Crippen molar-refractivity contribution in [3.05, 3.63) is 89.5 Å². The summed E-state index contributed by atoms with van der Waals surface area (Å²) in [4.78, 5) is 41.7. The molecule has 228 valence electrons. The molecule has 0 fully saturated rings. The second-order valence-electron chi connectivity index (χ2n) is 12.2. The molecule has 0 saturated carbocycles. The first kappa shape index (κ1) is 30.9. The summed E-state index contributed by atoms with van der Waals surface area (Å²) in [5.74, 6) is 0.355. The number of aliphatic hydroxyl groups is 1. The van der Waals surface area contributed by atoms with Crippen LogP contribution in [0.5, 0.6) is 5.75 Å². The van der Waals surface area contributed by atoms with E-state index >= 15 is 0 Å². The topological polar surface area (TPSA) is 99.5 Å². The van der Waals surface area contributed by atoms with Gasteiger partial charge in [0, 0.05) is 55.8 Å². The van der Waals surface area contributed by atoms with Gasteiger partial charge in [-0.15, -0.1) is 0 Å². The molecule has 43 heavy (non-hydrogen) atoms. The molecule has 8 nitrogen and oxygen atoms in total. The molecular weight excluding hydrogens is 560 g/mol. The molecule has 0 saturated heterocycles.